The van der Waals surface area contributed by atoms with Crippen molar-refractivity contribution < 1.29 is 19.1 Å². The van der Waals surface area contributed by atoms with Crippen LogP contribution >= 0.6 is 23.5 Å². The van der Waals surface area contributed by atoms with Gasteiger partial charge in [0, 0.05) is 23.2 Å². The molecular formula is C21H27FO3S2. The molecular weight excluding hydrogens is 383 g/mol. The highest BCUT2D eigenvalue weighted by Gasteiger charge is 2.75. The zero-order valence-electron chi connectivity index (χ0n) is 16.3. The number of carbonyl (C=O) groups excluding carboxylic acids is 2. The molecule has 0 radical (unpaired) electrons. The lowest BCUT2D eigenvalue weighted by atomic mass is 9.46. The Labute approximate surface area is 168 Å². The van der Waals surface area contributed by atoms with E-state index < -0.39 is 32.6 Å². The van der Waals surface area contributed by atoms with E-state index in [-0.39, 0.29) is 23.9 Å². The van der Waals surface area contributed by atoms with Crippen molar-refractivity contribution in [1.29, 1.82) is 0 Å². The molecule has 0 bridgehead atoms. The molecule has 0 aromatic heterocycles. The fourth-order valence-corrected chi connectivity index (χ4v) is 9.44. The van der Waals surface area contributed by atoms with Crippen LogP contribution in [0.2, 0.25) is 0 Å². The maximum Gasteiger partial charge on any atom is 0.178 e. The third kappa shape index (κ3) is 2.10. The summed E-state index contributed by atoms with van der Waals surface area (Å²) in [5, 5.41) is 11.2. The quantitative estimate of drug-likeness (QED) is 0.699. The Hall–Kier alpha value is -0.590. The molecule has 0 amide bonds. The molecule has 3 fully saturated rings. The monoisotopic (exact) mass is 410 g/mol. The first kappa shape index (κ1) is 19.7. The van der Waals surface area contributed by atoms with Crippen LogP contribution in [0.1, 0.15) is 39.5 Å². The van der Waals surface area contributed by atoms with Crippen LogP contribution in [0, 0.1) is 22.7 Å². The normalized spacial score (nSPS) is 47.9. The fraction of sp³-hybridized carbons (Fsp3) is 0.714. The van der Waals surface area contributed by atoms with Gasteiger partial charge in [0.25, 0.3) is 0 Å². The Morgan fingerprint density at radius 3 is 2.48 bits per heavy atom. The molecule has 3 nitrogen and oxygen atoms in total. The number of alkyl halides is 1. The summed E-state index contributed by atoms with van der Waals surface area (Å²) in [5.41, 5.74) is -2.51. The first-order valence-corrected chi connectivity index (χ1v) is 12.0. The number of hydrogen-bond donors (Lipinski definition) is 1. The van der Waals surface area contributed by atoms with E-state index in [4.69, 9.17) is 0 Å². The number of aliphatic hydroxyl groups excluding tert-OH is 1. The highest BCUT2D eigenvalue weighted by Crippen LogP contribution is 2.72. The third-order valence-electron chi connectivity index (χ3n) is 8.13. The largest absolute Gasteiger partial charge is 0.390 e. The molecule has 4 aliphatic carbocycles. The number of carbonyl (C=O) groups is 2. The van der Waals surface area contributed by atoms with Crippen molar-refractivity contribution >= 4 is 35.1 Å². The minimum absolute atomic E-state index is 0.0947. The second-order valence-electron chi connectivity index (χ2n) is 8.92. The van der Waals surface area contributed by atoms with E-state index in [1.807, 2.05) is 19.4 Å². The van der Waals surface area contributed by atoms with Gasteiger partial charge >= 0.3 is 0 Å². The van der Waals surface area contributed by atoms with Crippen LogP contribution in [0.5, 0.6) is 0 Å². The number of allylic oxidation sites excluding steroid dienone is 4. The Bertz CT molecular complexity index is 773. The number of fused-ring (bicyclic) bond motifs is 5. The smallest absolute Gasteiger partial charge is 0.178 e. The van der Waals surface area contributed by atoms with Crippen molar-refractivity contribution in [2.45, 2.75) is 55.4 Å². The molecule has 0 aliphatic heterocycles. The van der Waals surface area contributed by atoms with Gasteiger partial charge in [-0.2, -0.15) is 0 Å². The maximum absolute atomic E-state index is 16.9. The van der Waals surface area contributed by atoms with E-state index in [2.05, 4.69) is 6.92 Å². The highest BCUT2D eigenvalue weighted by atomic mass is 32.2. The first-order valence-electron chi connectivity index (χ1n) is 9.55. The van der Waals surface area contributed by atoms with Gasteiger partial charge in [-0.3, -0.25) is 9.59 Å². The maximum atomic E-state index is 16.9. The highest BCUT2D eigenvalue weighted by molar-refractivity contribution is 8.18. The summed E-state index contributed by atoms with van der Waals surface area (Å²) in [6.45, 7) is 3.89. The summed E-state index contributed by atoms with van der Waals surface area (Å²) in [5.74, 6) is -0.425. The third-order valence-corrected chi connectivity index (χ3v) is 11.7. The van der Waals surface area contributed by atoms with Gasteiger partial charge < -0.3 is 5.11 Å². The van der Waals surface area contributed by atoms with Crippen LogP contribution in [0.3, 0.4) is 0 Å². The molecule has 0 unspecified atom stereocenters. The van der Waals surface area contributed by atoms with Gasteiger partial charge in [0.1, 0.15) is 4.08 Å². The second-order valence-corrected chi connectivity index (χ2v) is 11.2. The lowest BCUT2D eigenvalue weighted by molar-refractivity contribution is -0.189. The van der Waals surface area contributed by atoms with Crippen molar-refractivity contribution in [3.8, 4) is 0 Å². The van der Waals surface area contributed by atoms with Gasteiger partial charge in [-0.15, -0.1) is 23.5 Å². The Kier molecular flexibility index (Phi) is 4.35. The van der Waals surface area contributed by atoms with Crippen LogP contribution in [0.4, 0.5) is 4.39 Å². The van der Waals surface area contributed by atoms with Gasteiger partial charge in [-0.25, -0.2) is 4.39 Å². The van der Waals surface area contributed by atoms with E-state index in [1.54, 1.807) is 35.7 Å². The van der Waals surface area contributed by atoms with Crippen LogP contribution in [-0.2, 0) is 9.59 Å². The van der Waals surface area contributed by atoms with E-state index in [0.717, 1.165) is 5.57 Å². The summed E-state index contributed by atoms with van der Waals surface area (Å²) in [6, 6.07) is 0. The predicted molar refractivity (Wildman–Crippen MR) is 109 cm³/mol. The minimum Gasteiger partial charge on any atom is -0.390 e. The molecule has 1 N–H and O–H groups in total. The van der Waals surface area contributed by atoms with Gasteiger partial charge in [-0.1, -0.05) is 18.6 Å². The van der Waals surface area contributed by atoms with Crippen LogP contribution < -0.4 is 0 Å². The lowest BCUT2D eigenvalue weighted by Gasteiger charge is -2.62. The second kappa shape index (κ2) is 5.96. The lowest BCUT2D eigenvalue weighted by Crippen LogP contribution is -2.67. The summed E-state index contributed by atoms with van der Waals surface area (Å²) < 4.78 is 16.2. The first-order chi connectivity index (χ1) is 12.6. The Balaban J connectivity index is 1.85. The van der Waals surface area contributed by atoms with Crippen LogP contribution in [0.15, 0.2) is 23.8 Å². The molecule has 0 heterocycles. The molecule has 6 atom stereocenters. The number of halogens is 1. The summed E-state index contributed by atoms with van der Waals surface area (Å²) >= 11 is 3.09. The van der Waals surface area contributed by atoms with Crippen LogP contribution in [0.25, 0.3) is 0 Å². The number of Topliss-reactive ketones (excluding diaryl/α,β-unsaturated/α-hetero) is 1. The molecule has 0 aromatic carbocycles. The summed E-state index contributed by atoms with van der Waals surface area (Å²) in [6.07, 6.45) is 9.23. The molecule has 3 saturated carbocycles. The van der Waals surface area contributed by atoms with Crippen molar-refractivity contribution in [1.82, 2.24) is 0 Å². The molecule has 4 aliphatic rings. The molecule has 0 spiro atoms. The molecule has 6 heteroatoms. The van der Waals surface area contributed by atoms with Crippen molar-refractivity contribution in [2.24, 2.45) is 22.7 Å². The number of ketones is 2. The zero-order valence-corrected chi connectivity index (χ0v) is 17.9. The number of thioether (sulfide) groups is 2. The number of rotatable bonds is 2. The van der Waals surface area contributed by atoms with Crippen molar-refractivity contribution in [2.75, 3.05) is 12.5 Å². The fourth-order valence-electron chi connectivity index (χ4n) is 6.75. The van der Waals surface area contributed by atoms with E-state index in [9.17, 15) is 14.7 Å². The average Bonchev–Trinajstić information content (AvgIpc) is 2.84. The van der Waals surface area contributed by atoms with Gasteiger partial charge in [0.2, 0.25) is 0 Å². The Morgan fingerprint density at radius 1 is 1.19 bits per heavy atom. The molecule has 27 heavy (non-hydrogen) atoms. The van der Waals surface area contributed by atoms with E-state index in [1.165, 1.54) is 6.08 Å². The van der Waals surface area contributed by atoms with E-state index in [0.29, 0.717) is 19.3 Å². The van der Waals surface area contributed by atoms with Crippen molar-refractivity contribution in [3.05, 3.63) is 23.8 Å². The number of aliphatic hydroxyl groups is 1. The standard InChI is InChI=1S/C21H27FO3S2/c1-18-8-7-13(23)9-12(18)5-6-14-15-10-16(24)21(26-3,27-4)19(15,2)11-17(25)20(14,18)22/h7-9,14-15,17,25H,5-6,10-11H2,1-4H3/t14-,15-,17-,18-,19-,20-/m0/s1. The molecule has 148 valence electrons. The SMILES string of the molecule is CSC1(SC)C(=O)C[C@H]2[C@@H]3CCC4=CC(=O)C=C[C@]4(C)[C@@]3(F)[C@@H](O)C[C@@]21C. The topological polar surface area (TPSA) is 54.4 Å². The number of hydrogen-bond acceptors (Lipinski definition) is 5. The summed E-state index contributed by atoms with van der Waals surface area (Å²) in [7, 11) is 0. The molecule has 4 rings (SSSR count). The van der Waals surface area contributed by atoms with E-state index >= 15 is 4.39 Å². The van der Waals surface area contributed by atoms with Gasteiger partial charge in [0.15, 0.2) is 17.2 Å². The molecule has 0 aromatic rings. The van der Waals surface area contributed by atoms with Gasteiger partial charge in [-0.05, 0) is 56.8 Å². The van der Waals surface area contributed by atoms with Crippen molar-refractivity contribution in [3.63, 3.8) is 0 Å². The molecule has 0 saturated heterocycles. The van der Waals surface area contributed by atoms with Crippen LogP contribution in [-0.4, -0.2) is 45.0 Å². The average molecular weight is 411 g/mol. The van der Waals surface area contributed by atoms with Gasteiger partial charge in [0.05, 0.1) is 6.10 Å². The Morgan fingerprint density at radius 2 is 1.85 bits per heavy atom. The summed E-state index contributed by atoms with van der Waals surface area (Å²) in [4.78, 5) is 25.0. The predicted octanol–water partition coefficient (Wildman–Crippen LogP) is 3.96. The zero-order chi connectivity index (χ0) is 19.8. The minimum atomic E-state index is -1.86.